The highest BCUT2D eigenvalue weighted by Gasteiger charge is 2.39. The average Bonchev–Trinajstić information content (AvgIpc) is 3.61. The number of amides is 1. The molecule has 2 fully saturated rings. The molecule has 5 heteroatoms. The van der Waals surface area contributed by atoms with Gasteiger partial charge in [-0.15, -0.1) is 0 Å². The topological polar surface area (TPSA) is 61.0 Å². The molecular weight excluding hydrogens is 468 g/mol. The molecule has 1 spiro atoms. The van der Waals surface area contributed by atoms with Crippen LogP contribution in [0.1, 0.15) is 84.5 Å². The van der Waals surface area contributed by atoms with E-state index in [4.69, 9.17) is 0 Å². The van der Waals surface area contributed by atoms with Crippen molar-refractivity contribution in [1.82, 2.24) is 15.5 Å². The normalized spacial score (nSPS) is 16.2. The Morgan fingerprint density at radius 3 is 2.61 bits per heavy atom. The molecule has 2 aliphatic rings. The van der Waals surface area contributed by atoms with Crippen LogP contribution in [0.2, 0.25) is 0 Å². The lowest BCUT2D eigenvalue weighted by Crippen LogP contribution is -2.29. The Kier molecular flexibility index (Phi) is 7.98. The van der Waals surface area contributed by atoms with E-state index in [0.717, 1.165) is 59.4 Å². The van der Waals surface area contributed by atoms with Crippen molar-refractivity contribution in [3.05, 3.63) is 89.3 Å². The standard InChI is InChI=1S/C33H38N4O/c1-25(2)28-11-8-26(9-12-28)10-13-29-21-30(32(38)34-19-6-7-27-22-35-36-23-27)14-15-31(29)37-20-18-33(24-37)16-4-3-5-17-33/h8-9,11-12,14-15,21-23H,1,3-7,16-20,24H2,2H3,(H,34,38)(H,35,36). The smallest absolute Gasteiger partial charge is 0.251 e. The van der Waals surface area contributed by atoms with Crippen molar-refractivity contribution in [3.63, 3.8) is 0 Å². The highest BCUT2D eigenvalue weighted by Crippen LogP contribution is 2.45. The van der Waals surface area contributed by atoms with Gasteiger partial charge in [0.2, 0.25) is 0 Å². The summed E-state index contributed by atoms with van der Waals surface area (Å²) in [6.07, 6.45) is 13.5. The minimum atomic E-state index is -0.0530. The summed E-state index contributed by atoms with van der Waals surface area (Å²) in [5.41, 5.74) is 7.46. The van der Waals surface area contributed by atoms with Crippen LogP contribution in [0.3, 0.4) is 0 Å². The van der Waals surface area contributed by atoms with Crippen LogP contribution in [0.5, 0.6) is 0 Å². The highest BCUT2D eigenvalue weighted by atomic mass is 16.1. The third kappa shape index (κ3) is 6.19. The number of nitrogens with zero attached hydrogens (tertiary/aromatic N) is 2. The van der Waals surface area contributed by atoms with Crippen molar-refractivity contribution >= 4 is 17.2 Å². The molecule has 38 heavy (non-hydrogen) atoms. The minimum Gasteiger partial charge on any atom is -0.370 e. The molecule has 1 amide bonds. The number of anilines is 1. The molecule has 3 aromatic rings. The quantitative estimate of drug-likeness (QED) is 0.289. The van der Waals surface area contributed by atoms with Crippen LogP contribution in [0.15, 0.2) is 61.4 Å². The lowest BCUT2D eigenvalue weighted by molar-refractivity contribution is 0.0953. The number of rotatable bonds is 7. The summed E-state index contributed by atoms with van der Waals surface area (Å²) in [6, 6.07) is 14.2. The summed E-state index contributed by atoms with van der Waals surface area (Å²) in [6.45, 7) is 8.80. The third-order valence-electron chi connectivity index (χ3n) is 8.15. The van der Waals surface area contributed by atoms with Crippen LogP contribution < -0.4 is 10.2 Å². The van der Waals surface area contributed by atoms with E-state index in [1.807, 2.05) is 43.6 Å². The molecule has 1 aliphatic heterocycles. The molecule has 196 valence electrons. The predicted octanol–water partition coefficient (Wildman–Crippen LogP) is 6.37. The van der Waals surface area contributed by atoms with E-state index >= 15 is 0 Å². The molecule has 0 bridgehead atoms. The number of aryl methyl sites for hydroxylation is 1. The van der Waals surface area contributed by atoms with Crippen molar-refractivity contribution in [2.24, 2.45) is 5.41 Å². The molecule has 5 rings (SSSR count). The maximum absolute atomic E-state index is 13.0. The Balaban J connectivity index is 1.35. The number of carbonyl (C=O) groups excluding carboxylic acids is 1. The lowest BCUT2D eigenvalue weighted by Gasteiger charge is -2.33. The van der Waals surface area contributed by atoms with E-state index in [2.05, 4.69) is 57.0 Å². The van der Waals surface area contributed by atoms with Crippen molar-refractivity contribution in [1.29, 1.82) is 0 Å². The van der Waals surface area contributed by atoms with E-state index in [1.54, 1.807) is 0 Å². The number of allylic oxidation sites excluding steroid dienone is 1. The number of carbonyl (C=O) groups is 1. The molecule has 2 heterocycles. The summed E-state index contributed by atoms with van der Waals surface area (Å²) < 4.78 is 0. The second-order valence-electron chi connectivity index (χ2n) is 11.0. The fourth-order valence-electron chi connectivity index (χ4n) is 5.89. The number of aromatic amines is 1. The first-order valence-electron chi connectivity index (χ1n) is 13.9. The van der Waals surface area contributed by atoms with Crippen molar-refractivity contribution in [2.45, 2.75) is 58.3 Å². The number of nitrogens with one attached hydrogen (secondary N) is 2. The zero-order valence-corrected chi connectivity index (χ0v) is 22.5. The van der Waals surface area contributed by atoms with Gasteiger partial charge in [0, 0.05) is 42.5 Å². The van der Waals surface area contributed by atoms with E-state index in [-0.39, 0.29) is 5.91 Å². The Labute approximate surface area is 226 Å². The van der Waals surface area contributed by atoms with Gasteiger partial charge in [-0.05, 0) is 85.9 Å². The molecule has 1 aromatic heterocycles. The summed E-state index contributed by atoms with van der Waals surface area (Å²) in [7, 11) is 0. The molecule has 0 atom stereocenters. The molecular formula is C33H38N4O. The molecule has 0 radical (unpaired) electrons. The lowest BCUT2D eigenvalue weighted by atomic mass is 9.73. The van der Waals surface area contributed by atoms with Crippen LogP contribution in [0.4, 0.5) is 5.69 Å². The number of aromatic nitrogens is 2. The largest absolute Gasteiger partial charge is 0.370 e. The van der Waals surface area contributed by atoms with E-state index in [0.29, 0.717) is 17.5 Å². The van der Waals surface area contributed by atoms with E-state index < -0.39 is 0 Å². The van der Waals surface area contributed by atoms with E-state index in [1.165, 1.54) is 38.5 Å². The van der Waals surface area contributed by atoms with Crippen LogP contribution in [-0.2, 0) is 6.42 Å². The summed E-state index contributed by atoms with van der Waals surface area (Å²) in [4.78, 5) is 15.5. The van der Waals surface area contributed by atoms with Gasteiger partial charge in [-0.3, -0.25) is 9.89 Å². The molecule has 2 aromatic carbocycles. The van der Waals surface area contributed by atoms with Crippen molar-refractivity contribution in [3.8, 4) is 11.8 Å². The molecule has 5 nitrogen and oxygen atoms in total. The first-order valence-corrected chi connectivity index (χ1v) is 13.9. The molecule has 1 aliphatic carbocycles. The zero-order chi connectivity index (χ0) is 26.4. The van der Waals surface area contributed by atoms with E-state index in [9.17, 15) is 4.79 Å². The Bertz CT molecular complexity index is 1320. The number of benzene rings is 2. The van der Waals surface area contributed by atoms with Gasteiger partial charge >= 0.3 is 0 Å². The Morgan fingerprint density at radius 1 is 1.08 bits per heavy atom. The Morgan fingerprint density at radius 2 is 1.87 bits per heavy atom. The summed E-state index contributed by atoms with van der Waals surface area (Å²) >= 11 is 0. The first-order chi connectivity index (χ1) is 18.5. The predicted molar refractivity (Wildman–Crippen MR) is 155 cm³/mol. The molecule has 2 N–H and O–H groups in total. The van der Waals surface area contributed by atoms with Crippen LogP contribution in [0.25, 0.3) is 5.57 Å². The summed E-state index contributed by atoms with van der Waals surface area (Å²) in [5, 5.41) is 9.89. The highest BCUT2D eigenvalue weighted by molar-refractivity contribution is 5.95. The Hall–Kier alpha value is -3.78. The fraction of sp³-hybridized carbons (Fsp3) is 0.394. The van der Waals surface area contributed by atoms with Crippen LogP contribution in [0, 0.1) is 17.3 Å². The van der Waals surface area contributed by atoms with Gasteiger partial charge in [0.1, 0.15) is 0 Å². The SMILES string of the molecule is C=C(C)c1ccc(C#Cc2cc(C(=O)NCCCc3cn[nH]c3)ccc2N2CCC3(CCCCC3)C2)cc1. The molecule has 0 unspecified atom stereocenters. The molecule has 1 saturated heterocycles. The minimum absolute atomic E-state index is 0.0530. The van der Waals surface area contributed by atoms with Gasteiger partial charge in [-0.25, -0.2) is 0 Å². The zero-order valence-electron chi connectivity index (χ0n) is 22.5. The van der Waals surface area contributed by atoms with Gasteiger partial charge < -0.3 is 10.2 Å². The van der Waals surface area contributed by atoms with Gasteiger partial charge in [0.25, 0.3) is 5.91 Å². The van der Waals surface area contributed by atoms with Crippen LogP contribution in [-0.4, -0.2) is 35.7 Å². The second-order valence-corrected chi connectivity index (χ2v) is 11.0. The monoisotopic (exact) mass is 506 g/mol. The maximum Gasteiger partial charge on any atom is 0.251 e. The van der Waals surface area contributed by atoms with Crippen molar-refractivity contribution in [2.75, 3.05) is 24.5 Å². The van der Waals surface area contributed by atoms with Crippen LogP contribution >= 0.6 is 0 Å². The van der Waals surface area contributed by atoms with Gasteiger partial charge in [-0.2, -0.15) is 5.10 Å². The first kappa shape index (κ1) is 25.9. The van der Waals surface area contributed by atoms with Gasteiger partial charge in [-0.1, -0.05) is 55.4 Å². The number of hydrogen-bond acceptors (Lipinski definition) is 3. The third-order valence-corrected chi connectivity index (χ3v) is 8.15. The molecule has 1 saturated carbocycles. The van der Waals surface area contributed by atoms with Crippen molar-refractivity contribution < 1.29 is 4.79 Å². The second kappa shape index (κ2) is 11.7. The maximum atomic E-state index is 13.0. The average molecular weight is 507 g/mol. The number of hydrogen-bond donors (Lipinski definition) is 2. The number of H-pyrrole nitrogens is 1. The van der Waals surface area contributed by atoms with Gasteiger partial charge in [0.05, 0.1) is 11.9 Å². The summed E-state index contributed by atoms with van der Waals surface area (Å²) in [5.74, 6) is 6.72. The fourth-order valence-corrected chi connectivity index (χ4v) is 5.89. The van der Waals surface area contributed by atoms with Gasteiger partial charge in [0.15, 0.2) is 0 Å².